The molecule has 0 spiro atoms. The number of hydrazine groups is 1. The van der Waals surface area contributed by atoms with E-state index < -0.39 is 0 Å². The molecule has 0 saturated carbocycles. The molecule has 80 valence electrons. The number of aromatic nitrogens is 2. The van der Waals surface area contributed by atoms with Gasteiger partial charge in [-0.05, 0) is 12.5 Å². The van der Waals surface area contributed by atoms with Crippen LogP contribution in [0.2, 0.25) is 0 Å². The van der Waals surface area contributed by atoms with E-state index in [1.807, 2.05) is 19.3 Å². The van der Waals surface area contributed by atoms with Crippen molar-refractivity contribution < 1.29 is 4.74 Å². The summed E-state index contributed by atoms with van der Waals surface area (Å²) in [6.07, 6.45) is 2.83. The molecule has 0 aromatic carbocycles. The zero-order valence-electron chi connectivity index (χ0n) is 8.90. The van der Waals surface area contributed by atoms with E-state index in [4.69, 9.17) is 10.6 Å². The smallest absolute Gasteiger partial charge is 0.0911 e. The summed E-state index contributed by atoms with van der Waals surface area (Å²) >= 11 is 0. The van der Waals surface area contributed by atoms with Crippen molar-refractivity contribution >= 4 is 0 Å². The molecule has 0 aliphatic heterocycles. The Morgan fingerprint density at radius 1 is 1.71 bits per heavy atom. The van der Waals surface area contributed by atoms with E-state index >= 15 is 0 Å². The van der Waals surface area contributed by atoms with Crippen LogP contribution in [0.3, 0.4) is 0 Å². The van der Waals surface area contributed by atoms with Gasteiger partial charge in [-0.15, -0.1) is 0 Å². The first-order valence-corrected chi connectivity index (χ1v) is 4.71. The molecule has 1 heterocycles. The SMILES string of the molecule is CCC(OC)C(NN)c1ccn(C)n1. The highest BCUT2D eigenvalue weighted by Gasteiger charge is 2.22. The number of ether oxygens (including phenoxy) is 1. The van der Waals surface area contributed by atoms with Crippen molar-refractivity contribution in [3.63, 3.8) is 0 Å². The minimum Gasteiger partial charge on any atom is -0.379 e. The molecule has 0 aliphatic carbocycles. The minimum absolute atomic E-state index is 0.0498. The third-order valence-corrected chi connectivity index (χ3v) is 2.31. The quantitative estimate of drug-likeness (QED) is 0.529. The highest BCUT2D eigenvalue weighted by atomic mass is 16.5. The molecular formula is C9H18N4O. The Kier molecular flexibility index (Phi) is 4.06. The van der Waals surface area contributed by atoms with Crippen LogP contribution in [0, 0.1) is 0 Å². The summed E-state index contributed by atoms with van der Waals surface area (Å²) in [7, 11) is 3.56. The Labute approximate surface area is 84.2 Å². The van der Waals surface area contributed by atoms with Gasteiger partial charge in [-0.2, -0.15) is 5.10 Å². The molecule has 0 bridgehead atoms. The molecule has 2 unspecified atom stereocenters. The van der Waals surface area contributed by atoms with Gasteiger partial charge in [-0.3, -0.25) is 10.5 Å². The van der Waals surface area contributed by atoms with Gasteiger partial charge in [0.2, 0.25) is 0 Å². The van der Waals surface area contributed by atoms with Gasteiger partial charge in [0.05, 0.1) is 17.8 Å². The van der Waals surface area contributed by atoms with E-state index in [1.54, 1.807) is 11.8 Å². The van der Waals surface area contributed by atoms with Crippen LogP contribution < -0.4 is 11.3 Å². The normalized spacial score (nSPS) is 15.4. The van der Waals surface area contributed by atoms with Crippen LogP contribution in [0.4, 0.5) is 0 Å². The first-order valence-electron chi connectivity index (χ1n) is 4.71. The standard InChI is InChI=1S/C9H18N4O/c1-4-8(14-3)9(11-10)7-5-6-13(2)12-7/h5-6,8-9,11H,4,10H2,1-3H3. The van der Waals surface area contributed by atoms with E-state index in [1.165, 1.54) is 0 Å². The fourth-order valence-electron chi connectivity index (χ4n) is 1.52. The summed E-state index contributed by atoms with van der Waals surface area (Å²) in [5.41, 5.74) is 3.64. The number of aryl methyl sites for hydroxylation is 1. The van der Waals surface area contributed by atoms with Crippen LogP contribution in [-0.4, -0.2) is 23.0 Å². The lowest BCUT2D eigenvalue weighted by Crippen LogP contribution is -2.37. The van der Waals surface area contributed by atoms with E-state index in [0.717, 1.165) is 12.1 Å². The van der Waals surface area contributed by atoms with Gasteiger partial charge in [0.1, 0.15) is 0 Å². The average molecular weight is 198 g/mol. The zero-order valence-corrected chi connectivity index (χ0v) is 8.90. The van der Waals surface area contributed by atoms with E-state index in [0.29, 0.717) is 0 Å². The third kappa shape index (κ3) is 2.31. The number of nitrogens with zero attached hydrogens (tertiary/aromatic N) is 2. The number of methoxy groups -OCH3 is 1. The van der Waals surface area contributed by atoms with Crippen molar-refractivity contribution in [1.82, 2.24) is 15.2 Å². The fourth-order valence-corrected chi connectivity index (χ4v) is 1.52. The van der Waals surface area contributed by atoms with Crippen molar-refractivity contribution in [2.24, 2.45) is 12.9 Å². The van der Waals surface area contributed by atoms with Crippen molar-refractivity contribution in [2.75, 3.05) is 7.11 Å². The molecule has 5 nitrogen and oxygen atoms in total. The Hall–Kier alpha value is -0.910. The lowest BCUT2D eigenvalue weighted by molar-refractivity contribution is 0.0636. The van der Waals surface area contributed by atoms with Gasteiger partial charge < -0.3 is 4.74 Å². The zero-order chi connectivity index (χ0) is 10.6. The van der Waals surface area contributed by atoms with Gasteiger partial charge >= 0.3 is 0 Å². The Balaban J connectivity index is 2.80. The Morgan fingerprint density at radius 2 is 2.43 bits per heavy atom. The van der Waals surface area contributed by atoms with Gasteiger partial charge in [0, 0.05) is 20.4 Å². The lowest BCUT2D eigenvalue weighted by atomic mass is 10.1. The maximum absolute atomic E-state index is 5.49. The molecule has 0 aliphatic rings. The molecule has 0 radical (unpaired) electrons. The summed E-state index contributed by atoms with van der Waals surface area (Å²) in [6, 6.07) is 1.89. The summed E-state index contributed by atoms with van der Waals surface area (Å²) in [5, 5.41) is 4.29. The van der Waals surface area contributed by atoms with Gasteiger partial charge in [0.25, 0.3) is 0 Å². The maximum atomic E-state index is 5.49. The van der Waals surface area contributed by atoms with Crippen LogP contribution in [0.15, 0.2) is 12.3 Å². The molecule has 0 amide bonds. The molecule has 5 heteroatoms. The lowest BCUT2D eigenvalue weighted by Gasteiger charge is -2.22. The number of nitrogens with two attached hydrogens (primary N) is 1. The average Bonchev–Trinajstić information content (AvgIpc) is 2.60. The van der Waals surface area contributed by atoms with Crippen LogP contribution >= 0.6 is 0 Å². The highest BCUT2D eigenvalue weighted by Crippen LogP contribution is 2.18. The third-order valence-electron chi connectivity index (χ3n) is 2.31. The Morgan fingerprint density at radius 3 is 2.79 bits per heavy atom. The summed E-state index contributed by atoms with van der Waals surface area (Å²) in [6.45, 7) is 2.06. The second kappa shape index (κ2) is 5.09. The molecule has 3 N–H and O–H groups in total. The molecule has 0 fully saturated rings. The van der Waals surface area contributed by atoms with Gasteiger partial charge in [-0.25, -0.2) is 5.43 Å². The number of hydrogen-bond donors (Lipinski definition) is 2. The summed E-state index contributed by atoms with van der Waals surface area (Å²) < 4.78 is 7.08. The highest BCUT2D eigenvalue weighted by molar-refractivity contribution is 5.07. The maximum Gasteiger partial charge on any atom is 0.0911 e. The van der Waals surface area contributed by atoms with E-state index in [9.17, 15) is 0 Å². The van der Waals surface area contributed by atoms with Crippen LogP contribution in [-0.2, 0) is 11.8 Å². The molecular weight excluding hydrogens is 180 g/mol. The van der Waals surface area contributed by atoms with E-state index in [-0.39, 0.29) is 12.1 Å². The second-order valence-electron chi connectivity index (χ2n) is 3.24. The first-order chi connectivity index (χ1) is 6.72. The monoisotopic (exact) mass is 198 g/mol. The predicted molar refractivity (Wildman–Crippen MR) is 54.4 cm³/mol. The first kappa shape index (κ1) is 11.2. The second-order valence-corrected chi connectivity index (χ2v) is 3.24. The summed E-state index contributed by atoms with van der Waals surface area (Å²) in [5.74, 6) is 5.49. The number of nitrogens with one attached hydrogen (secondary N) is 1. The molecule has 2 atom stereocenters. The predicted octanol–water partition coefficient (Wildman–Crippen LogP) is 0.349. The topological polar surface area (TPSA) is 65.1 Å². The van der Waals surface area contributed by atoms with Crippen LogP contribution in [0.25, 0.3) is 0 Å². The minimum atomic E-state index is -0.0498. The number of rotatable bonds is 5. The van der Waals surface area contributed by atoms with Gasteiger partial charge in [-0.1, -0.05) is 6.92 Å². The van der Waals surface area contributed by atoms with Crippen LogP contribution in [0.1, 0.15) is 25.1 Å². The molecule has 0 saturated heterocycles. The van der Waals surface area contributed by atoms with Crippen molar-refractivity contribution in [1.29, 1.82) is 0 Å². The largest absolute Gasteiger partial charge is 0.379 e. The molecule has 1 aromatic heterocycles. The fraction of sp³-hybridized carbons (Fsp3) is 0.667. The molecule has 14 heavy (non-hydrogen) atoms. The van der Waals surface area contributed by atoms with Crippen molar-refractivity contribution in [2.45, 2.75) is 25.5 Å². The number of hydrogen-bond acceptors (Lipinski definition) is 4. The van der Waals surface area contributed by atoms with Gasteiger partial charge in [0.15, 0.2) is 0 Å². The van der Waals surface area contributed by atoms with Crippen molar-refractivity contribution in [3.05, 3.63) is 18.0 Å². The molecule has 1 aromatic rings. The van der Waals surface area contributed by atoms with E-state index in [2.05, 4.69) is 17.4 Å². The Bertz CT molecular complexity index is 270. The van der Waals surface area contributed by atoms with Crippen LogP contribution in [0.5, 0.6) is 0 Å². The van der Waals surface area contributed by atoms with Crippen molar-refractivity contribution in [3.8, 4) is 0 Å². The molecule has 1 rings (SSSR count). The summed E-state index contributed by atoms with van der Waals surface area (Å²) in [4.78, 5) is 0.